The average Bonchev–Trinajstić information content (AvgIpc) is 2.69. The highest BCUT2D eigenvalue weighted by Crippen LogP contribution is 2.17. The van der Waals surface area contributed by atoms with E-state index in [-0.39, 0.29) is 0 Å². The third-order valence-electron chi connectivity index (χ3n) is 2.06. The molecule has 0 aliphatic carbocycles. The summed E-state index contributed by atoms with van der Waals surface area (Å²) in [5, 5.41) is 4.01. The van der Waals surface area contributed by atoms with Gasteiger partial charge in [0, 0.05) is 12.4 Å². The maximum Gasteiger partial charge on any atom is 0.138 e. The minimum Gasteiger partial charge on any atom is -0.377 e. The standard InChI is InChI=1S/C8H13N3OS/c1-2-4-12-8(3-1)5-13-11-7-9-6-10-11/h6-8H,1-5H2. The second-order valence-electron chi connectivity index (χ2n) is 3.08. The Balaban J connectivity index is 1.72. The smallest absolute Gasteiger partial charge is 0.138 e. The molecule has 1 atom stereocenters. The van der Waals surface area contributed by atoms with E-state index in [1.807, 2.05) is 0 Å². The van der Waals surface area contributed by atoms with Crippen molar-refractivity contribution in [3.8, 4) is 0 Å². The second-order valence-corrected chi connectivity index (χ2v) is 4.05. The normalized spacial score (nSPS) is 23.2. The highest BCUT2D eigenvalue weighted by molar-refractivity contribution is 7.97. The number of rotatable bonds is 3. The third-order valence-corrected chi connectivity index (χ3v) is 3.04. The lowest BCUT2D eigenvalue weighted by Crippen LogP contribution is -2.21. The molecular formula is C8H13N3OS. The van der Waals surface area contributed by atoms with Crippen LogP contribution in [0.25, 0.3) is 0 Å². The fourth-order valence-corrected chi connectivity index (χ4v) is 2.17. The first-order valence-corrected chi connectivity index (χ1v) is 5.49. The van der Waals surface area contributed by atoms with E-state index in [2.05, 4.69) is 10.1 Å². The zero-order valence-corrected chi connectivity index (χ0v) is 8.24. The highest BCUT2D eigenvalue weighted by atomic mass is 32.2. The molecule has 0 amide bonds. The molecule has 0 spiro atoms. The molecule has 2 heterocycles. The Bertz CT molecular complexity index is 234. The van der Waals surface area contributed by atoms with E-state index in [0.29, 0.717) is 6.10 Å². The van der Waals surface area contributed by atoms with Gasteiger partial charge in [-0.1, -0.05) is 0 Å². The van der Waals surface area contributed by atoms with Gasteiger partial charge in [0.15, 0.2) is 0 Å². The highest BCUT2D eigenvalue weighted by Gasteiger charge is 2.13. The van der Waals surface area contributed by atoms with Crippen molar-refractivity contribution in [2.24, 2.45) is 0 Å². The van der Waals surface area contributed by atoms with E-state index in [1.165, 1.54) is 19.3 Å². The molecule has 1 aromatic heterocycles. The Morgan fingerprint density at radius 1 is 1.54 bits per heavy atom. The van der Waals surface area contributed by atoms with Crippen molar-refractivity contribution >= 4 is 11.9 Å². The minimum absolute atomic E-state index is 0.406. The summed E-state index contributed by atoms with van der Waals surface area (Å²) in [6, 6.07) is 0. The largest absolute Gasteiger partial charge is 0.377 e. The molecule has 1 aliphatic heterocycles. The molecule has 13 heavy (non-hydrogen) atoms. The Morgan fingerprint density at radius 2 is 2.54 bits per heavy atom. The predicted octanol–water partition coefficient (Wildman–Crippen LogP) is 1.34. The van der Waals surface area contributed by atoms with Crippen molar-refractivity contribution in [2.75, 3.05) is 12.4 Å². The van der Waals surface area contributed by atoms with Gasteiger partial charge in [-0.25, -0.2) is 4.98 Å². The first-order valence-electron chi connectivity index (χ1n) is 4.54. The molecule has 5 heteroatoms. The summed E-state index contributed by atoms with van der Waals surface area (Å²) in [5.41, 5.74) is 0. The van der Waals surface area contributed by atoms with Crippen LogP contribution in [0.1, 0.15) is 19.3 Å². The van der Waals surface area contributed by atoms with Gasteiger partial charge >= 0.3 is 0 Å². The van der Waals surface area contributed by atoms with Gasteiger partial charge in [0.1, 0.15) is 12.7 Å². The Kier molecular flexibility index (Phi) is 3.21. The topological polar surface area (TPSA) is 39.9 Å². The first-order chi connectivity index (χ1) is 6.45. The van der Waals surface area contributed by atoms with Crippen LogP contribution in [0.3, 0.4) is 0 Å². The van der Waals surface area contributed by atoms with Gasteiger partial charge in [-0.3, -0.25) is 0 Å². The SMILES string of the molecule is c1ncn(SCC2CCCCO2)n1. The molecule has 0 saturated carbocycles. The average molecular weight is 199 g/mol. The molecule has 72 valence electrons. The quantitative estimate of drug-likeness (QED) is 0.736. The van der Waals surface area contributed by atoms with Crippen molar-refractivity contribution in [3.05, 3.63) is 12.7 Å². The molecule has 4 nitrogen and oxygen atoms in total. The lowest BCUT2D eigenvalue weighted by atomic mass is 10.1. The van der Waals surface area contributed by atoms with E-state index in [4.69, 9.17) is 4.74 Å². The van der Waals surface area contributed by atoms with Crippen LogP contribution in [0.2, 0.25) is 0 Å². The van der Waals surface area contributed by atoms with Gasteiger partial charge in [-0.05, 0) is 31.2 Å². The Labute approximate surface area is 81.8 Å². The zero-order valence-electron chi connectivity index (χ0n) is 7.43. The van der Waals surface area contributed by atoms with Gasteiger partial charge in [0.05, 0.1) is 6.10 Å². The summed E-state index contributed by atoms with van der Waals surface area (Å²) >= 11 is 1.65. The number of aromatic nitrogens is 3. The van der Waals surface area contributed by atoms with Gasteiger partial charge in [-0.15, -0.1) is 5.10 Å². The summed E-state index contributed by atoms with van der Waals surface area (Å²) in [6.45, 7) is 0.919. The first kappa shape index (κ1) is 9.02. The van der Waals surface area contributed by atoms with E-state index in [0.717, 1.165) is 12.4 Å². The molecule has 0 aromatic carbocycles. The van der Waals surface area contributed by atoms with Crippen LogP contribution in [0, 0.1) is 0 Å². The molecule has 0 radical (unpaired) electrons. The lowest BCUT2D eigenvalue weighted by Gasteiger charge is -2.21. The van der Waals surface area contributed by atoms with E-state index < -0.39 is 0 Å². The molecule has 1 aromatic rings. The van der Waals surface area contributed by atoms with Crippen LogP contribution in [0.5, 0.6) is 0 Å². The molecule has 1 saturated heterocycles. The number of hydrogen-bond acceptors (Lipinski definition) is 4. The van der Waals surface area contributed by atoms with Crippen LogP contribution in [-0.4, -0.2) is 32.6 Å². The summed E-state index contributed by atoms with van der Waals surface area (Å²) in [7, 11) is 0. The van der Waals surface area contributed by atoms with E-state index in [9.17, 15) is 0 Å². The van der Waals surface area contributed by atoms with Crippen LogP contribution in [0.4, 0.5) is 0 Å². The second kappa shape index (κ2) is 4.62. The van der Waals surface area contributed by atoms with Crippen molar-refractivity contribution in [2.45, 2.75) is 25.4 Å². The predicted molar refractivity (Wildman–Crippen MR) is 51.5 cm³/mol. The Morgan fingerprint density at radius 3 is 3.23 bits per heavy atom. The maximum absolute atomic E-state index is 5.59. The zero-order chi connectivity index (χ0) is 8.93. The van der Waals surface area contributed by atoms with Crippen molar-refractivity contribution < 1.29 is 4.74 Å². The molecule has 0 N–H and O–H groups in total. The molecule has 1 aliphatic rings. The van der Waals surface area contributed by atoms with Crippen molar-refractivity contribution in [3.63, 3.8) is 0 Å². The van der Waals surface area contributed by atoms with Crippen LogP contribution in [-0.2, 0) is 4.74 Å². The van der Waals surface area contributed by atoms with E-state index in [1.54, 1.807) is 28.7 Å². The van der Waals surface area contributed by atoms with E-state index >= 15 is 0 Å². The number of hydrogen-bond donors (Lipinski definition) is 0. The van der Waals surface area contributed by atoms with Crippen LogP contribution < -0.4 is 0 Å². The van der Waals surface area contributed by atoms with Crippen LogP contribution in [0.15, 0.2) is 12.7 Å². The van der Waals surface area contributed by atoms with Gasteiger partial charge < -0.3 is 4.74 Å². The summed E-state index contributed by atoms with van der Waals surface area (Å²) in [4.78, 5) is 3.88. The lowest BCUT2D eigenvalue weighted by molar-refractivity contribution is 0.0314. The van der Waals surface area contributed by atoms with Gasteiger partial charge in [0.2, 0.25) is 0 Å². The van der Waals surface area contributed by atoms with Crippen molar-refractivity contribution in [1.82, 2.24) is 14.2 Å². The van der Waals surface area contributed by atoms with Crippen molar-refractivity contribution in [1.29, 1.82) is 0 Å². The molecular weight excluding hydrogens is 186 g/mol. The van der Waals surface area contributed by atoms with Gasteiger partial charge in [-0.2, -0.15) is 4.09 Å². The molecule has 1 fully saturated rings. The van der Waals surface area contributed by atoms with Gasteiger partial charge in [0.25, 0.3) is 0 Å². The fourth-order valence-electron chi connectivity index (χ4n) is 1.36. The van der Waals surface area contributed by atoms with Crippen LogP contribution >= 0.6 is 11.9 Å². The summed E-state index contributed by atoms with van der Waals surface area (Å²) in [6.07, 6.45) is 7.36. The Hall–Kier alpha value is -0.550. The maximum atomic E-state index is 5.59. The monoisotopic (exact) mass is 199 g/mol. The summed E-state index contributed by atoms with van der Waals surface area (Å²) < 4.78 is 7.37. The molecule has 0 bridgehead atoms. The summed E-state index contributed by atoms with van der Waals surface area (Å²) in [5.74, 6) is 0.976. The third kappa shape index (κ3) is 2.70. The minimum atomic E-state index is 0.406. The number of nitrogens with zero attached hydrogens (tertiary/aromatic N) is 3. The number of ether oxygens (including phenoxy) is 1. The molecule has 2 rings (SSSR count). The molecule has 1 unspecified atom stereocenters. The fraction of sp³-hybridized carbons (Fsp3) is 0.750.